The van der Waals surface area contributed by atoms with Gasteiger partial charge in [0.25, 0.3) is 0 Å². The van der Waals surface area contributed by atoms with Gasteiger partial charge in [-0.05, 0) is 80.6 Å². The van der Waals surface area contributed by atoms with Crippen LogP contribution >= 0.6 is 11.6 Å². The molecule has 0 aliphatic carbocycles. The number of piperidine rings is 2. The summed E-state index contributed by atoms with van der Waals surface area (Å²) in [6.07, 6.45) is 10.4. The Morgan fingerprint density at radius 2 is 1.72 bits per heavy atom. The van der Waals surface area contributed by atoms with Crippen LogP contribution in [-0.2, 0) is 28.4 Å². The summed E-state index contributed by atoms with van der Waals surface area (Å²) in [4.78, 5) is 36.7. The number of imide groups is 1. The number of nitrogens with zero attached hydrogens (tertiary/aromatic N) is 9. The topological polar surface area (TPSA) is 163 Å². The number of anilines is 2. The maximum Gasteiger partial charge on any atom is 0.329 e. The number of halogens is 1. The first kappa shape index (κ1) is 35.1. The molecule has 0 spiro atoms. The summed E-state index contributed by atoms with van der Waals surface area (Å²) >= 11 is 5.88. The SMILES string of the molecule is Cn1nc(N2CCC(=O)NC2=O)c2ccc(C3CCN(Cc4cnn(-c5cccc(S(=O)(=O)N6CCC(Nc7ncc(Cl)cn7)CC6)c5)c4)CC3)cc21. The van der Waals surface area contributed by atoms with Gasteiger partial charge in [0, 0.05) is 62.8 Å². The molecule has 3 saturated heterocycles. The lowest BCUT2D eigenvalue weighted by atomic mass is 9.89. The fourth-order valence-corrected chi connectivity index (χ4v) is 9.09. The van der Waals surface area contributed by atoms with Crippen molar-refractivity contribution in [3.8, 4) is 5.69 Å². The summed E-state index contributed by atoms with van der Waals surface area (Å²) in [5.74, 6) is 1.18. The predicted molar refractivity (Wildman–Crippen MR) is 199 cm³/mol. The second kappa shape index (κ2) is 14.5. The van der Waals surface area contributed by atoms with Crippen molar-refractivity contribution in [2.24, 2.45) is 7.05 Å². The standard InChI is InChI=1S/C36H40ClN11O4S/c1-44-32-17-26(5-6-31(32)34(43-44)47-16-11-33(49)42-36(47)50)25-7-12-45(13-8-25)22-24-19-40-48(23-24)29-3-2-4-30(18-29)53(51,52)46-14-9-28(10-15-46)41-35-38-20-27(37)21-39-35/h2-6,17-21,23,25,28H,7-16,22H2,1H3,(H,38,39,41)(H,42,49,50). The van der Waals surface area contributed by atoms with E-state index in [1.807, 2.05) is 31.6 Å². The molecule has 17 heteroatoms. The number of urea groups is 1. The van der Waals surface area contributed by atoms with Crippen LogP contribution in [0.5, 0.6) is 0 Å². The average molecular weight is 758 g/mol. The molecule has 3 aliphatic heterocycles. The van der Waals surface area contributed by atoms with Gasteiger partial charge in [-0.2, -0.15) is 14.5 Å². The minimum Gasteiger partial charge on any atom is -0.351 e. The summed E-state index contributed by atoms with van der Waals surface area (Å²) in [6.45, 7) is 3.70. The van der Waals surface area contributed by atoms with E-state index >= 15 is 0 Å². The molecule has 3 amide bonds. The van der Waals surface area contributed by atoms with E-state index in [0.717, 1.165) is 48.9 Å². The molecule has 2 N–H and O–H groups in total. The maximum atomic E-state index is 13.6. The summed E-state index contributed by atoms with van der Waals surface area (Å²) in [7, 11) is -1.81. The van der Waals surface area contributed by atoms with Crippen LogP contribution in [0.2, 0.25) is 5.02 Å². The Morgan fingerprint density at radius 3 is 2.47 bits per heavy atom. The smallest absolute Gasteiger partial charge is 0.329 e. The maximum absolute atomic E-state index is 13.6. The molecule has 3 aliphatic rings. The van der Waals surface area contributed by atoms with Crippen molar-refractivity contribution in [2.75, 3.05) is 42.9 Å². The lowest BCUT2D eigenvalue weighted by Crippen LogP contribution is -2.49. The Morgan fingerprint density at radius 1 is 0.943 bits per heavy atom. The van der Waals surface area contributed by atoms with Crippen molar-refractivity contribution in [1.82, 2.24) is 44.1 Å². The molecule has 2 aromatic carbocycles. The number of carbonyl (C=O) groups is 2. The van der Waals surface area contributed by atoms with Crippen LogP contribution in [0.4, 0.5) is 16.6 Å². The van der Waals surface area contributed by atoms with Gasteiger partial charge in [-0.3, -0.25) is 24.6 Å². The summed E-state index contributed by atoms with van der Waals surface area (Å²) in [5, 5.41) is 16.2. The summed E-state index contributed by atoms with van der Waals surface area (Å²) in [6, 6.07) is 12.9. The Hall–Kier alpha value is -4.90. The van der Waals surface area contributed by atoms with E-state index in [4.69, 9.17) is 11.6 Å². The minimum absolute atomic E-state index is 0.0684. The number of fused-ring (bicyclic) bond motifs is 1. The number of aryl methyl sites for hydroxylation is 1. The molecule has 0 bridgehead atoms. The molecule has 5 aromatic rings. The van der Waals surface area contributed by atoms with Crippen LogP contribution in [0.3, 0.4) is 0 Å². The third kappa shape index (κ3) is 7.36. The Kier molecular flexibility index (Phi) is 9.61. The molecule has 0 unspecified atom stereocenters. The first-order valence-electron chi connectivity index (χ1n) is 17.8. The van der Waals surface area contributed by atoms with E-state index in [0.29, 0.717) is 60.9 Å². The molecule has 0 atom stereocenters. The van der Waals surface area contributed by atoms with Crippen LogP contribution in [0, 0.1) is 0 Å². The molecule has 276 valence electrons. The number of carbonyl (C=O) groups excluding carboxylic acids is 2. The van der Waals surface area contributed by atoms with Gasteiger partial charge in [-0.25, -0.2) is 27.9 Å². The zero-order valence-corrected chi connectivity index (χ0v) is 30.8. The van der Waals surface area contributed by atoms with Crippen molar-refractivity contribution in [3.63, 3.8) is 0 Å². The van der Waals surface area contributed by atoms with Gasteiger partial charge in [0.2, 0.25) is 21.9 Å². The molecule has 3 aromatic heterocycles. The van der Waals surface area contributed by atoms with Crippen molar-refractivity contribution in [2.45, 2.75) is 55.5 Å². The van der Waals surface area contributed by atoms with Crippen molar-refractivity contribution in [1.29, 1.82) is 0 Å². The molecular weight excluding hydrogens is 718 g/mol. The van der Waals surface area contributed by atoms with Gasteiger partial charge in [0.1, 0.15) is 0 Å². The van der Waals surface area contributed by atoms with Gasteiger partial charge < -0.3 is 5.32 Å². The highest BCUT2D eigenvalue weighted by Gasteiger charge is 2.31. The van der Waals surface area contributed by atoms with Gasteiger partial charge in [-0.1, -0.05) is 23.7 Å². The second-order valence-electron chi connectivity index (χ2n) is 13.9. The van der Waals surface area contributed by atoms with Crippen molar-refractivity contribution >= 4 is 56.2 Å². The predicted octanol–water partition coefficient (Wildman–Crippen LogP) is 4.29. The van der Waals surface area contributed by atoms with Gasteiger partial charge in [-0.15, -0.1) is 0 Å². The van der Waals surface area contributed by atoms with E-state index in [1.54, 1.807) is 27.6 Å². The molecule has 15 nitrogen and oxygen atoms in total. The summed E-state index contributed by atoms with van der Waals surface area (Å²) in [5.41, 5.74) is 3.96. The van der Waals surface area contributed by atoms with Crippen LogP contribution < -0.4 is 15.5 Å². The number of nitrogens with one attached hydrogen (secondary N) is 2. The Balaban J connectivity index is 0.864. The molecule has 0 saturated carbocycles. The monoisotopic (exact) mass is 757 g/mol. The quantitative estimate of drug-likeness (QED) is 0.222. The normalized spacial score (nSPS) is 18.5. The first-order chi connectivity index (χ1) is 25.6. The number of hydrogen-bond acceptors (Lipinski definition) is 10. The zero-order chi connectivity index (χ0) is 36.7. The lowest BCUT2D eigenvalue weighted by Gasteiger charge is -2.32. The van der Waals surface area contributed by atoms with E-state index in [-0.39, 0.29) is 23.3 Å². The molecular formula is C36H40ClN11O4S. The average Bonchev–Trinajstić information content (AvgIpc) is 3.77. The van der Waals surface area contributed by atoms with Gasteiger partial charge in [0.05, 0.1) is 39.7 Å². The van der Waals surface area contributed by atoms with E-state index in [2.05, 4.69) is 47.8 Å². The minimum atomic E-state index is -3.69. The highest BCUT2D eigenvalue weighted by atomic mass is 35.5. The number of hydrogen-bond donors (Lipinski definition) is 2. The van der Waals surface area contributed by atoms with Crippen LogP contribution in [0.1, 0.15) is 49.1 Å². The third-order valence-electron chi connectivity index (χ3n) is 10.4. The van der Waals surface area contributed by atoms with E-state index < -0.39 is 16.1 Å². The van der Waals surface area contributed by atoms with Crippen LogP contribution in [-0.4, -0.2) is 97.9 Å². The molecule has 3 fully saturated rings. The largest absolute Gasteiger partial charge is 0.351 e. The highest BCUT2D eigenvalue weighted by molar-refractivity contribution is 7.89. The number of likely N-dealkylation sites (tertiary alicyclic amines) is 1. The Bertz CT molecular complexity index is 2260. The van der Waals surface area contributed by atoms with Crippen LogP contribution in [0.25, 0.3) is 16.6 Å². The molecule has 6 heterocycles. The van der Waals surface area contributed by atoms with Crippen LogP contribution in [0.15, 0.2) is 72.1 Å². The summed E-state index contributed by atoms with van der Waals surface area (Å²) < 4.78 is 32.4. The second-order valence-corrected chi connectivity index (χ2v) is 16.2. The number of amides is 3. The van der Waals surface area contributed by atoms with Gasteiger partial charge in [0.15, 0.2) is 5.82 Å². The fourth-order valence-electron chi connectivity index (χ4n) is 7.49. The number of rotatable bonds is 9. The zero-order valence-electron chi connectivity index (χ0n) is 29.2. The van der Waals surface area contributed by atoms with Crippen molar-refractivity contribution < 1.29 is 18.0 Å². The van der Waals surface area contributed by atoms with E-state index in [9.17, 15) is 18.0 Å². The molecule has 53 heavy (non-hydrogen) atoms. The van der Waals surface area contributed by atoms with Crippen molar-refractivity contribution in [3.05, 3.63) is 83.4 Å². The number of aromatic nitrogens is 6. The first-order valence-corrected chi connectivity index (χ1v) is 19.6. The Labute approximate surface area is 312 Å². The van der Waals surface area contributed by atoms with E-state index in [1.165, 1.54) is 27.2 Å². The molecule has 0 radical (unpaired) electrons. The highest BCUT2D eigenvalue weighted by Crippen LogP contribution is 2.34. The number of benzene rings is 2. The molecule has 8 rings (SSSR count). The third-order valence-corrected chi connectivity index (χ3v) is 12.5. The lowest BCUT2D eigenvalue weighted by molar-refractivity contribution is -0.120. The number of sulfonamides is 1. The van der Waals surface area contributed by atoms with Gasteiger partial charge >= 0.3 is 6.03 Å². The fraction of sp³-hybridized carbons (Fsp3) is 0.389.